The van der Waals surface area contributed by atoms with Gasteiger partial charge in [-0.05, 0) is 56.9 Å². The minimum atomic E-state index is -3.39. The van der Waals surface area contributed by atoms with Crippen molar-refractivity contribution >= 4 is 21.1 Å². The minimum Gasteiger partial charge on any atom is -0.328 e. The van der Waals surface area contributed by atoms with E-state index < -0.39 is 10.0 Å². The molecule has 0 spiro atoms. The summed E-state index contributed by atoms with van der Waals surface area (Å²) in [6.07, 6.45) is 1.74. The first-order valence-corrected chi connectivity index (χ1v) is 10.9. The number of benzene rings is 2. The zero-order valence-electron chi connectivity index (χ0n) is 15.8. The molecule has 3 aromatic rings. The molecule has 1 saturated heterocycles. The van der Waals surface area contributed by atoms with E-state index in [2.05, 4.69) is 15.6 Å². The van der Waals surface area contributed by atoms with E-state index in [4.69, 9.17) is 0 Å². The van der Waals surface area contributed by atoms with Gasteiger partial charge >= 0.3 is 0 Å². The second-order valence-electron chi connectivity index (χ2n) is 7.42. The van der Waals surface area contributed by atoms with Gasteiger partial charge in [0.25, 0.3) is 0 Å². The van der Waals surface area contributed by atoms with Crippen molar-refractivity contribution in [1.29, 1.82) is 0 Å². The third-order valence-corrected chi connectivity index (χ3v) is 7.43. The smallest absolute Gasteiger partial charge is 0.243 e. The van der Waals surface area contributed by atoms with Crippen LogP contribution in [0, 0.1) is 19.8 Å². The van der Waals surface area contributed by atoms with Crippen LogP contribution in [0.1, 0.15) is 24.2 Å². The van der Waals surface area contributed by atoms with Gasteiger partial charge in [0, 0.05) is 19.6 Å². The number of para-hydroxylation sites is 2. The Morgan fingerprint density at radius 1 is 1.00 bits per heavy atom. The first kappa shape index (κ1) is 18.2. The number of rotatable bonds is 4. The summed E-state index contributed by atoms with van der Waals surface area (Å²) in [5.74, 6) is 1.48. The molecule has 4 rings (SSSR count). The predicted molar refractivity (Wildman–Crippen MR) is 107 cm³/mol. The minimum absolute atomic E-state index is 0.392. The van der Waals surface area contributed by atoms with Gasteiger partial charge in [-0.3, -0.25) is 0 Å². The fourth-order valence-corrected chi connectivity index (χ4v) is 5.35. The number of hydrogen-bond donors (Lipinski definition) is 0. The van der Waals surface area contributed by atoms with Crippen LogP contribution in [0.15, 0.2) is 53.4 Å². The number of fused-ring (bicyclic) bond motifs is 1. The molecule has 142 valence electrons. The Balaban J connectivity index is 1.46. The zero-order chi connectivity index (χ0) is 19.0. The Hall–Kier alpha value is -2.18. The summed E-state index contributed by atoms with van der Waals surface area (Å²) in [5.41, 5.74) is 3.25. The van der Waals surface area contributed by atoms with Gasteiger partial charge in [0.15, 0.2) is 0 Å². The maximum absolute atomic E-state index is 12.9. The zero-order valence-corrected chi connectivity index (χ0v) is 16.6. The second kappa shape index (κ2) is 7.09. The summed E-state index contributed by atoms with van der Waals surface area (Å²) >= 11 is 0. The van der Waals surface area contributed by atoms with Crippen LogP contribution in [0.25, 0.3) is 11.0 Å². The normalized spacial score (nSPS) is 16.8. The Bertz CT molecular complexity index is 1050. The number of piperidine rings is 1. The van der Waals surface area contributed by atoms with Crippen LogP contribution in [0.3, 0.4) is 0 Å². The van der Waals surface area contributed by atoms with Crippen molar-refractivity contribution in [1.82, 2.24) is 13.9 Å². The van der Waals surface area contributed by atoms with Crippen LogP contribution >= 0.6 is 0 Å². The molecule has 0 unspecified atom stereocenters. The highest BCUT2D eigenvalue weighted by Crippen LogP contribution is 2.27. The van der Waals surface area contributed by atoms with Crippen LogP contribution in [0.5, 0.6) is 0 Å². The Morgan fingerprint density at radius 2 is 1.67 bits per heavy atom. The fourth-order valence-electron chi connectivity index (χ4n) is 3.88. The number of aryl methyl sites for hydroxylation is 2. The molecule has 1 aromatic heterocycles. The van der Waals surface area contributed by atoms with Crippen molar-refractivity contribution in [3.8, 4) is 0 Å². The van der Waals surface area contributed by atoms with E-state index in [9.17, 15) is 8.42 Å². The third-order valence-electron chi connectivity index (χ3n) is 5.52. The first-order chi connectivity index (χ1) is 12.9. The van der Waals surface area contributed by atoms with Gasteiger partial charge in [0.1, 0.15) is 5.82 Å². The molecule has 0 radical (unpaired) electrons. The van der Waals surface area contributed by atoms with Crippen molar-refractivity contribution in [3.63, 3.8) is 0 Å². The number of hydrogen-bond acceptors (Lipinski definition) is 3. The lowest BCUT2D eigenvalue weighted by atomic mass is 9.98. The van der Waals surface area contributed by atoms with E-state index in [0.717, 1.165) is 41.8 Å². The highest BCUT2D eigenvalue weighted by atomic mass is 32.2. The van der Waals surface area contributed by atoms with E-state index >= 15 is 0 Å². The highest BCUT2D eigenvalue weighted by molar-refractivity contribution is 7.89. The largest absolute Gasteiger partial charge is 0.328 e. The molecule has 2 aromatic carbocycles. The molecule has 0 N–H and O–H groups in total. The van der Waals surface area contributed by atoms with Gasteiger partial charge in [-0.1, -0.05) is 29.8 Å². The van der Waals surface area contributed by atoms with Crippen molar-refractivity contribution < 1.29 is 8.42 Å². The molecule has 1 aliphatic rings. The lowest BCUT2D eigenvalue weighted by Gasteiger charge is -2.31. The van der Waals surface area contributed by atoms with Crippen molar-refractivity contribution in [2.45, 2.75) is 38.1 Å². The monoisotopic (exact) mass is 383 g/mol. The topological polar surface area (TPSA) is 55.2 Å². The van der Waals surface area contributed by atoms with E-state index in [1.807, 2.05) is 44.2 Å². The first-order valence-electron chi connectivity index (χ1n) is 9.44. The maximum atomic E-state index is 12.9. The molecule has 5 nitrogen and oxygen atoms in total. The predicted octanol–water partition coefficient (Wildman–Crippen LogP) is 3.75. The van der Waals surface area contributed by atoms with E-state index in [0.29, 0.717) is 23.9 Å². The van der Waals surface area contributed by atoms with Crippen LogP contribution in [0.2, 0.25) is 0 Å². The van der Waals surface area contributed by atoms with Crippen LogP contribution < -0.4 is 0 Å². The van der Waals surface area contributed by atoms with Gasteiger partial charge in [0.05, 0.1) is 15.9 Å². The fraction of sp³-hybridized carbons (Fsp3) is 0.381. The van der Waals surface area contributed by atoms with E-state index in [-0.39, 0.29) is 0 Å². The molecular formula is C21H25N3O2S. The molecule has 27 heavy (non-hydrogen) atoms. The number of sulfonamides is 1. The SMILES string of the molecule is Cc1ccc(S(=O)(=O)N2CCC(Cn3c(C)nc4ccccc43)CC2)cc1. The molecule has 1 fully saturated rings. The number of aromatic nitrogens is 2. The molecular weight excluding hydrogens is 358 g/mol. The Labute approximate surface area is 160 Å². The maximum Gasteiger partial charge on any atom is 0.243 e. The van der Waals surface area contributed by atoms with Crippen LogP contribution in [-0.4, -0.2) is 35.4 Å². The summed E-state index contributed by atoms with van der Waals surface area (Å²) in [6.45, 7) is 6.05. The Kier molecular flexibility index (Phi) is 4.78. The van der Waals surface area contributed by atoms with Crippen LogP contribution in [-0.2, 0) is 16.6 Å². The van der Waals surface area contributed by atoms with Crippen molar-refractivity contribution in [2.75, 3.05) is 13.1 Å². The summed E-state index contributed by atoms with van der Waals surface area (Å²) in [5, 5.41) is 0. The van der Waals surface area contributed by atoms with Crippen molar-refractivity contribution in [3.05, 3.63) is 59.9 Å². The molecule has 0 saturated carbocycles. The third kappa shape index (κ3) is 3.51. The molecule has 0 bridgehead atoms. The van der Waals surface area contributed by atoms with Gasteiger partial charge in [-0.2, -0.15) is 4.31 Å². The standard InChI is InChI=1S/C21H25N3O2S/c1-16-7-9-19(10-8-16)27(25,26)23-13-11-18(12-14-23)15-24-17(2)22-20-5-3-4-6-21(20)24/h3-10,18H,11-15H2,1-2H3. The Morgan fingerprint density at radius 3 is 2.37 bits per heavy atom. The molecule has 0 aliphatic carbocycles. The molecule has 2 heterocycles. The summed E-state index contributed by atoms with van der Waals surface area (Å²) < 4.78 is 29.6. The lowest BCUT2D eigenvalue weighted by Crippen LogP contribution is -2.39. The van der Waals surface area contributed by atoms with Gasteiger partial charge in [0.2, 0.25) is 10.0 Å². The van der Waals surface area contributed by atoms with E-state index in [1.165, 1.54) is 0 Å². The van der Waals surface area contributed by atoms with Gasteiger partial charge in [-0.25, -0.2) is 13.4 Å². The van der Waals surface area contributed by atoms with Crippen LogP contribution in [0.4, 0.5) is 0 Å². The summed E-state index contributed by atoms with van der Waals surface area (Å²) in [6, 6.07) is 15.3. The molecule has 6 heteroatoms. The number of imidazole rings is 1. The van der Waals surface area contributed by atoms with Crippen molar-refractivity contribution in [2.24, 2.45) is 5.92 Å². The average Bonchev–Trinajstić information content (AvgIpc) is 2.98. The second-order valence-corrected chi connectivity index (χ2v) is 9.36. The quantitative estimate of drug-likeness (QED) is 0.689. The molecule has 0 amide bonds. The average molecular weight is 384 g/mol. The van der Waals surface area contributed by atoms with Gasteiger partial charge < -0.3 is 4.57 Å². The summed E-state index contributed by atoms with van der Waals surface area (Å²) in [4.78, 5) is 5.03. The molecule has 1 aliphatic heterocycles. The van der Waals surface area contributed by atoms with E-state index in [1.54, 1.807) is 16.4 Å². The van der Waals surface area contributed by atoms with Gasteiger partial charge in [-0.15, -0.1) is 0 Å². The summed E-state index contributed by atoms with van der Waals surface area (Å²) in [7, 11) is -3.39. The lowest BCUT2D eigenvalue weighted by molar-refractivity contribution is 0.253. The number of nitrogens with zero attached hydrogens (tertiary/aromatic N) is 3. The molecule has 0 atom stereocenters. The highest BCUT2D eigenvalue weighted by Gasteiger charge is 2.29.